The Hall–Kier alpha value is -1.03. The van der Waals surface area contributed by atoms with Crippen LogP contribution in [0.2, 0.25) is 5.15 Å². The molecule has 0 aliphatic carbocycles. The molecule has 17 heavy (non-hydrogen) atoms. The first-order chi connectivity index (χ1) is 7.85. The summed E-state index contributed by atoms with van der Waals surface area (Å²) in [5.41, 5.74) is -0.737. The molecule has 5 heteroatoms. The number of rotatable bonds is 4. The van der Waals surface area contributed by atoms with E-state index in [-0.39, 0.29) is 10.7 Å². The number of aromatic amines is 1. The standard InChI is InChI=1S/C12H19ClN2O2/c1-5-7-12(3,4)15-10(16)8(6-2)9(13)14-11(15)17/h5-7H2,1-4H3,(H,14,17). The van der Waals surface area contributed by atoms with Crippen molar-refractivity contribution >= 4 is 11.6 Å². The van der Waals surface area contributed by atoms with Crippen LogP contribution in [0.3, 0.4) is 0 Å². The first kappa shape index (κ1) is 14.0. The highest BCUT2D eigenvalue weighted by Gasteiger charge is 2.25. The Balaban J connectivity index is 3.55. The molecule has 0 bridgehead atoms. The van der Waals surface area contributed by atoms with E-state index in [1.807, 2.05) is 27.7 Å². The van der Waals surface area contributed by atoms with Gasteiger partial charge >= 0.3 is 5.69 Å². The quantitative estimate of drug-likeness (QED) is 0.843. The van der Waals surface area contributed by atoms with Crippen LogP contribution >= 0.6 is 11.6 Å². The van der Waals surface area contributed by atoms with E-state index in [0.29, 0.717) is 12.0 Å². The van der Waals surface area contributed by atoms with Gasteiger partial charge in [0.1, 0.15) is 5.15 Å². The SMILES string of the molecule is CCCC(C)(C)n1c(=O)[nH]c(Cl)c(CC)c1=O. The van der Waals surface area contributed by atoms with Gasteiger partial charge in [-0.05, 0) is 26.7 Å². The highest BCUT2D eigenvalue weighted by Crippen LogP contribution is 2.18. The average Bonchev–Trinajstić information content (AvgIpc) is 2.16. The van der Waals surface area contributed by atoms with Gasteiger partial charge in [0.25, 0.3) is 5.56 Å². The lowest BCUT2D eigenvalue weighted by Crippen LogP contribution is -2.47. The Bertz CT molecular complexity index is 514. The molecule has 1 aromatic heterocycles. The molecule has 0 spiro atoms. The van der Waals surface area contributed by atoms with E-state index in [1.165, 1.54) is 4.57 Å². The maximum atomic E-state index is 12.2. The first-order valence-electron chi connectivity index (χ1n) is 5.89. The minimum Gasteiger partial charge on any atom is -0.297 e. The van der Waals surface area contributed by atoms with Crippen LogP contribution in [-0.2, 0) is 12.0 Å². The van der Waals surface area contributed by atoms with E-state index >= 15 is 0 Å². The van der Waals surface area contributed by atoms with Crippen molar-refractivity contribution in [2.45, 2.75) is 52.5 Å². The zero-order chi connectivity index (χ0) is 13.2. The van der Waals surface area contributed by atoms with E-state index in [9.17, 15) is 9.59 Å². The Morgan fingerprint density at radius 2 is 1.88 bits per heavy atom. The van der Waals surface area contributed by atoms with Gasteiger partial charge in [0.15, 0.2) is 0 Å². The van der Waals surface area contributed by atoms with E-state index < -0.39 is 11.2 Å². The summed E-state index contributed by atoms with van der Waals surface area (Å²) in [7, 11) is 0. The fraction of sp³-hybridized carbons (Fsp3) is 0.667. The summed E-state index contributed by atoms with van der Waals surface area (Å²) in [6.45, 7) is 7.65. The van der Waals surface area contributed by atoms with Crippen molar-refractivity contribution in [3.63, 3.8) is 0 Å². The Morgan fingerprint density at radius 3 is 2.35 bits per heavy atom. The van der Waals surface area contributed by atoms with Crippen LogP contribution in [-0.4, -0.2) is 9.55 Å². The second kappa shape index (κ2) is 5.08. The minimum absolute atomic E-state index is 0.158. The zero-order valence-corrected chi connectivity index (χ0v) is 11.5. The number of hydrogen-bond acceptors (Lipinski definition) is 2. The molecule has 96 valence electrons. The molecule has 0 amide bonds. The van der Waals surface area contributed by atoms with Crippen molar-refractivity contribution in [1.29, 1.82) is 0 Å². The number of aromatic nitrogens is 2. The predicted octanol–water partition coefficient (Wildman–Crippen LogP) is 2.29. The summed E-state index contributed by atoms with van der Waals surface area (Å²) >= 11 is 5.87. The molecule has 0 unspecified atom stereocenters. The maximum Gasteiger partial charge on any atom is 0.329 e. The second-order valence-corrected chi connectivity index (χ2v) is 5.16. The molecular weight excluding hydrogens is 240 g/mol. The third kappa shape index (κ3) is 2.63. The molecule has 1 N–H and O–H groups in total. The smallest absolute Gasteiger partial charge is 0.297 e. The molecule has 0 radical (unpaired) electrons. The van der Waals surface area contributed by atoms with Crippen molar-refractivity contribution in [3.8, 4) is 0 Å². The second-order valence-electron chi connectivity index (χ2n) is 4.78. The van der Waals surface area contributed by atoms with Crippen molar-refractivity contribution in [3.05, 3.63) is 31.6 Å². The summed E-state index contributed by atoms with van der Waals surface area (Å²) in [6.07, 6.45) is 2.18. The molecule has 4 nitrogen and oxygen atoms in total. The summed E-state index contributed by atoms with van der Waals surface area (Å²) in [4.78, 5) is 26.6. The van der Waals surface area contributed by atoms with Gasteiger partial charge in [-0.3, -0.25) is 14.3 Å². The third-order valence-electron chi connectivity index (χ3n) is 2.97. The molecular formula is C12H19ClN2O2. The number of nitrogens with zero attached hydrogens (tertiary/aromatic N) is 1. The fourth-order valence-electron chi connectivity index (χ4n) is 2.13. The van der Waals surface area contributed by atoms with Gasteiger partial charge in [0.05, 0.1) is 5.56 Å². The van der Waals surface area contributed by atoms with E-state index in [1.54, 1.807) is 0 Å². The molecule has 0 saturated carbocycles. The zero-order valence-electron chi connectivity index (χ0n) is 10.8. The summed E-state index contributed by atoms with van der Waals surface area (Å²) in [5, 5.41) is 0.158. The third-order valence-corrected chi connectivity index (χ3v) is 3.29. The minimum atomic E-state index is -0.492. The van der Waals surface area contributed by atoms with Crippen molar-refractivity contribution in [2.24, 2.45) is 0 Å². The van der Waals surface area contributed by atoms with E-state index in [2.05, 4.69) is 4.98 Å². The molecule has 0 fully saturated rings. The van der Waals surface area contributed by atoms with Crippen LogP contribution in [0.1, 0.15) is 46.1 Å². The fourth-order valence-corrected chi connectivity index (χ4v) is 2.42. The van der Waals surface area contributed by atoms with Gasteiger partial charge in [0, 0.05) is 5.54 Å². The first-order valence-corrected chi connectivity index (χ1v) is 6.27. The number of nitrogens with one attached hydrogen (secondary N) is 1. The van der Waals surface area contributed by atoms with Crippen molar-refractivity contribution in [1.82, 2.24) is 9.55 Å². The van der Waals surface area contributed by atoms with Crippen LogP contribution in [0.15, 0.2) is 9.59 Å². The molecule has 0 aromatic carbocycles. The number of hydrogen-bond donors (Lipinski definition) is 1. The predicted molar refractivity (Wildman–Crippen MR) is 69.9 cm³/mol. The molecule has 0 atom stereocenters. The topological polar surface area (TPSA) is 54.9 Å². The van der Waals surface area contributed by atoms with E-state index in [4.69, 9.17) is 11.6 Å². The average molecular weight is 259 g/mol. The van der Waals surface area contributed by atoms with Crippen LogP contribution in [0.25, 0.3) is 0 Å². The number of halogens is 1. The van der Waals surface area contributed by atoms with Crippen molar-refractivity contribution < 1.29 is 0 Å². The van der Waals surface area contributed by atoms with Crippen LogP contribution in [0, 0.1) is 0 Å². The molecule has 0 aliphatic heterocycles. The Morgan fingerprint density at radius 1 is 1.29 bits per heavy atom. The lowest BCUT2D eigenvalue weighted by atomic mass is 9.98. The number of H-pyrrole nitrogens is 1. The van der Waals surface area contributed by atoms with Gasteiger partial charge in [-0.1, -0.05) is 31.9 Å². The highest BCUT2D eigenvalue weighted by atomic mass is 35.5. The molecule has 0 saturated heterocycles. The summed E-state index contributed by atoms with van der Waals surface area (Å²) in [6, 6.07) is 0. The Labute approximate surface area is 106 Å². The van der Waals surface area contributed by atoms with Gasteiger partial charge in [-0.2, -0.15) is 0 Å². The lowest BCUT2D eigenvalue weighted by molar-refractivity contribution is 0.300. The molecule has 1 rings (SSSR count). The molecule has 1 aromatic rings. The van der Waals surface area contributed by atoms with Gasteiger partial charge in [-0.25, -0.2) is 4.79 Å². The molecule has 0 aliphatic rings. The van der Waals surface area contributed by atoms with Gasteiger partial charge < -0.3 is 0 Å². The van der Waals surface area contributed by atoms with Crippen molar-refractivity contribution in [2.75, 3.05) is 0 Å². The lowest BCUT2D eigenvalue weighted by Gasteiger charge is -2.26. The monoisotopic (exact) mass is 258 g/mol. The normalized spacial score (nSPS) is 11.8. The highest BCUT2D eigenvalue weighted by molar-refractivity contribution is 6.30. The van der Waals surface area contributed by atoms with Gasteiger partial charge in [0.2, 0.25) is 0 Å². The van der Waals surface area contributed by atoms with Gasteiger partial charge in [-0.15, -0.1) is 0 Å². The van der Waals surface area contributed by atoms with Crippen LogP contribution < -0.4 is 11.2 Å². The summed E-state index contributed by atoms with van der Waals surface area (Å²) in [5.74, 6) is 0. The maximum absolute atomic E-state index is 12.2. The van der Waals surface area contributed by atoms with Crippen LogP contribution in [0.5, 0.6) is 0 Å². The summed E-state index contributed by atoms with van der Waals surface area (Å²) < 4.78 is 1.28. The largest absolute Gasteiger partial charge is 0.329 e. The van der Waals surface area contributed by atoms with Crippen LogP contribution in [0.4, 0.5) is 0 Å². The Kier molecular flexibility index (Phi) is 4.20. The van der Waals surface area contributed by atoms with E-state index in [0.717, 1.165) is 12.8 Å². The molecule has 1 heterocycles.